The molecule has 4 aromatic carbocycles. The molecule has 748 valence electrons. The highest BCUT2D eigenvalue weighted by Crippen LogP contribution is 2.47. The summed E-state index contributed by atoms with van der Waals surface area (Å²) in [6, 6.07) is 44.2. The summed E-state index contributed by atoms with van der Waals surface area (Å²) in [6.45, 7) is 29.8. The number of piperidine rings is 2. The molecule has 12 aromatic heterocycles. The van der Waals surface area contributed by atoms with E-state index in [1.807, 2.05) is 86.2 Å². The van der Waals surface area contributed by atoms with Crippen molar-refractivity contribution in [3.63, 3.8) is 0 Å². The van der Waals surface area contributed by atoms with E-state index < -0.39 is 0 Å². The van der Waals surface area contributed by atoms with Gasteiger partial charge in [-0.3, -0.25) is 9.69 Å². The summed E-state index contributed by atoms with van der Waals surface area (Å²) in [5, 5.41) is 77.5. The smallest absolute Gasteiger partial charge is 0.236 e. The molecule has 0 bridgehead atoms. The third-order valence-corrected chi connectivity index (χ3v) is 32.0. The molecule has 0 atom stereocenters. The first-order valence-electron chi connectivity index (χ1n) is 49.0. The number of anilines is 11. The number of carbonyl (C=O) groups is 1. The number of aliphatic hydroxyl groups excluding tert-OH is 1. The number of hydrogen-bond donors (Lipinski definition) is 3. The Morgan fingerprint density at radius 2 is 0.745 bits per heavy atom. The van der Waals surface area contributed by atoms with E-state index in [-0.39, 0.29) is 35.3 Å². The number of β-amino-alcohol motifs (C(OH)–C–C–N with tert-alkyl or cyclic N) is 1. The number of piperazine rings is 2. The molecule has 37 heteroatoms. The van der Waals surface area contributed by atoms with Crippen LogP contribution in [0, 0.1) is 96.3 Å². The van der Waals surface area contributed by atoms with Crippen LogP contribution < -0.4 is 44.9 Å². The number of nitrogens with zero attached hydrogens (tertiary/aromatic N) is 24. The van der Waals surface area contributed by atoms with Gasteiger partial charge in [0.25, 0.3) is 0 Å². The van der Waals surface area contributed by atoms with Gasteiger partial charge < -0.3 is 54.9 Å². The van der Waals surface area contributed by atoms with Crippen LogP contribution in [0.15, 0.2) is 157 Å². The van der Waals surface area contributed by atoms with Crippen LogP contribution in [-0.2, 0) is 30.5 Å². The zero-order chi connectivity index (χ0) is 102. The molecule has 145 heavy (non-hydrogen) atoms. The number of rotatable bonds is 21. The van der Waals surface area contributed by atoms with Crippen LogP contribution in [0.3, 0.4) is 0 Å². The van der Waals surface area contributed by atoms with Gasteiger partial charge in [0.2, 0.25) is 5.91 Å². The molecule has 0 unspecified atom stereocenters. The lowest BCUT2D eigenvalue weighted by molar-refractivity contribution is -0.142. The molecule has 5 fully saturated rings. The van der Waals surface area contributed by atoms with Gasteiger partial charge in [-0.1, -0.05) is 96.2 Å². The number of aromatic nitrogens is 11. The lowest BCUT2D eigenvalue weighted by Gasteiger charge is -2.40. The van der Waals surface area contributed by atoms with Gasteiger partial charge >= 0.3 is 0 Å². The van der Waals surface area contributed by atoms with E-state index in [9.17, 15) is 48.5 Å². The maximum atomic E-state index is 13.5. The summed E-state index contributed by atoms with van der Waals surface area (Å²) >= 11 is 9.00. The summed E-state index contributed by atoms with van der Waals surface area (Å²) in [4.78, 5) is 48.2. The number of carbonyl (C=O) groups excluding carboxylic acids is 1. The summed E-state index contributed by atoms with van der Waals surface area (Å²) in [5.41, 5.74) is 25.5. The van der Waals surface area contributed by atoms with Gasteiger partial charge in [0, 0.05) is 175 Å². The number of likely N-dealkylation sites (tertiary alicyclic amines) is 1. The molecule has 3 N–H and O–H groups in total. The van der Waals surface area contributed by atoms with Gasteiger partial charge in [-0.05, 0) is 242 Å². The molecule has 0 spiro atoms. The minimum absolute atomic E-state index is 0.0844. The number of benzene rings is 4. The van der Waals surface area contributed by atoms with Gasteiger partial charge in [0.05, 0.1) is 85.2 Å². The van der Waals surface area contributed by atoms with E-state index in [1.165, 1.54) is 168 Å². The average molecular weight is 2090 g/mol. The second-order valence-electron chi connectivity index (χ2n) is 36.6. The Balaban J connectivity index is 0.000000131. The number of aliphatic hydroxyl groups is 1. The number of nitriles is 4. The number of nitrogens with one attached hydrogen (secondary N) is 2. The fourth-order valence-corrected chi connectivity index (χ4v) is 22.9. The third kappa shape index (κ3) is 22.3. The third-order valence-electron chi connectivity index (χ3n) is 26.9. The van der Waals surface area contributed by atoms with Crippen LogP contribution in [0.5, 0.6) is 0 Å². The van der Waals surface area contributed by atoms with Crippen molar-refractivity contribution < 1.29 is 27.5 Å². The lowest BCUT2D eigenvalue weighted by Crippen LogP contribution is -2.57. The molecule has 0 saturated carbocycles. The van der Waals surface area contributed by atoms with Crippen molar-refractivity contribution in [1.82, 2.24) is 73.8 Å². The summed E-state index contributed by atoms with van der Waals surface area (Å²) < 4.78 is 62.4. The minimum atomic E-state index is -0.380. The second kappa shape index (κ2) is 45.7. The van der Waals surface area contributed by atoms with E-state index in [0.29, 0.717) is 77.2 Å². The standard InChI is InChI=1S/C31H34FN7O2S.C26H27FN6S.C25H26FN7S.C21H17BrFN5S.C5H11N/c1-4-25-31(35(3)30-13-24(28(15-33)42-30)21-5-7-22(32)8-6-21)27-14-26(20(2)16-39(27)34-25)37-11-9-36(10-12-37)19-29(41)38-17-23(40)18-38;1-4-20-25(22-14-21(17(2)16-33(22)30-20)32-12-6-5-7-13-32)31(3)26-29-24(23(15-28)34-26)18-8-10-19(27)11-9-18;1-4-19-24(21-13-20(16(2)15-33(21)30-19)32-11-9-28-10-12-32)31(3)25-29-23(22(14-27)34-25)17-5-7-18(26)8-6-17;1-4-16-20(17-9-15(22)12(2)11-28(17)26-16)27(3)21-25-19(18(10-24)29-21)13-5-7-14(23)8-6-13;1-2-4-6-5-3-1/h5-8,13-14,16,23,40H,4,9-12,17-19H2,1-3H3;8-11,14,16H,4-7,12-13H2,1-3H3;5-8,13,15,28H,4,9-12H2,1-3H3;5-9,11H,4H2,1-3H3;6H,1-5H2. The topological polar surface area (TPSA) is 294 Å². The van der Waals surface area contributed by atoms with Crippen LogP contribution in [0.1, 0.15) is 131 Å². The minimum Gasteiger partial charge on any atom is -0.389 e. The zero-order valence-electron chi connectivity index (χ0n) is 83.3. The second-order valence-corrected chi connectivity index (χ2v) is 41.4. The average Bonchev–Trinajstić information content (AvgIpc) is 1.60. The van der Waals surface area contributed by atoms with Crippen molar-refractivity contribution in [3.05, 3.63) is 244 Å². The first-order valence-corrected chi connectivity index (χ1v) is 53.1. The first-order chi connectivity index (χ1) is 70.2. The van der Waals surface area contributed by atoms with Gasteiger partial charge in [0.1, 0.15) is 84.1 Å². The molecule has 0 aliphatic carbocycles. The predicted octanol–water partition coefficient (Wildman–Crippen LogP) is 21.3. The number of fused-ring (bicyclic) bond motifs is 4. The van der Waals surface area contributed by atoms with Gasteiger partial charge in [-0.2, -0.15) is 41.4 Å². The molecular weight excluding hydrogens is 1980 g/mol. The Kier molecular flexibility index (Phi) is 32.4. The molecule has 28 nitrogen and oxygen atoms in total. The lowest BCUT2D eigenvalue weighted by atomic mass is 10.1. The Bertz CT molecular complexity index is 7310. The zero-order valence-corrected chi connectivity index (χ0v) is 88.2. The van der Waals surface area contributed by atoms with Crippen molar-refractivity contribution in [2.24, 2.45) is 0 Å². The number of aryl methyl sites for hydroxylation is 8. The first kappa shape index (κ1) is 103. The molecule has 17 heterocycles. The van der Waals surface area contributed by atoms with Gasteiger partial charge in [-0.25, -0.2) is 50.6 Å². The highest BCUT2D eigenvalue weighted by Gasteiger charge is 2.34. The van der Waals surface area contributed by atoms with Crippen LogP contribution >= 0.6 is 61.3 Å². The fourth-order valence-electron chi connectivity index (χ4n) is 19.1. The summed E-state index contributed by atoms with van der Waals surface area (Å²) in [7, 11) is 7.88. The number of thiophene rings is 1. The normalized spacial score (nSPS) is 14.4. The maximum Gasteiger partial charge on any atom is 0.236 e. The number of halogens is 5. The maximum absolute atomic E-state index is 13.5. The van der Waals surface area contributed by atoms with E-state index in [1.54, 1.807) is 53.4 Å². The highest BCUT2D eigenvalue weighted by atomic mass is 79.9. The van der Waals surface area contributed by atoms with Crippen LogP contribution in [0.25, 0.3) is 67.0 Å². The SMILES string of the molecule is C1CCNCC1.CCc1nn2cc(C)c(Br)cc2c1N(C)c1nc(-c2ccc(F)cc2)c(C#N)s1.CCc1nn2cc(C)c(N3CCCCC3)cc2c1N(C)c1nc(-c2ccc(F)cc2)c(C#N)s1.CCc1nn2cc(C)c(N3CCN(CC(=O)N4CC(O)C4)CC3)cc2c1N(C)c1cc(-c2ccc(F)cc2)c(C#N)s1.CCc1nn2cc(C)c(N3CCNCC3)cc2c1N(C)c1nc(-c2ccc(F)cc2)c(C#N)s1. The Labute approximate surface area is 865 Å². The van der Waals surface area contributed by atoms with Crippen LogP contribution in [0.4, 0.5) is 77.8 Å². The van der Waals surface area contributed by atoms with Crippen LogP contribution in [0.2, 0.25) is 0 Å². The van der Waals surface area contributed by atoms with E-state index in [4.69, 9.17) is 35.3 Å². The molecular formula is C108H115BrF4N26O2S4. The number of pyridine rings is 4. The molecule has 5 saturated heterocycles. The monoisotopic (exact) mass is 2090 g/mol. The molecule has 16 aromatic rings. The quantitative estimate of drug-likeness (QED) is 0.0563. The van der Waals surface area contributed by atoms with Crippen molar-refractivity contribution in [1.29, 1.82) is 21.0 Å². The molecule has 21 rings (SSSR count). The van der Waals surface area contributed by atoms with Gasteiger partial charge in [-0.15, -0.1) is 11.3 Å². The number of thiazole rings is 3. The van der Waals surface area contributed by atoms with Crippen molar-refractivity contribution >= 4 is 149 Å². The van der Waals surface area contributed by atoms with E-state index in [2.05, 4.69) is 161 Å². The molecule has 5 aliphatic rings. The Morgan fingerprint density at radius 1 is 0.414 bits per heavy atom. The summed E-state index contributed by atoms with van der Waals surface area (Å²) in [5.74, 6) is -1.17. The van der Waals surface area contributed by atoms with Crippen LogP contribution in [-0.4, -0.2) is 207 Å². The largest absolute Gasteiger partial charge is 0.389 e. The Morgan fingerprint density at radius 3 is 1.09 bits per heavy atom. The molecule has 0 radical (unpaired) electrons. The molecule has 1 amide bonds. The van der Waals surface area contributed by atoms with Crippen molar-refractivity contribution in [3.8, 4) is 69.2 Å². The fraction of sp³-hybridized carbons (Fsp3) is 0.352. The number of amides is 1. The Hall–Kier alpha value is -13.7. The summed E-state index contributed by atoms with van der Waals surface area (Å²) in [6.07, 6.45) is 18.9. The van der Waals surface area contributed by atoms with Crippen molar-refractivity contribution in [2.75, 3.05) is 161 Å². The van der Waals surface area contributed by atoms with Gasteiger partial charge in [0.15, 0.2) is 15.4 Å². The van der Waals surface area contributed by atoms with Crippen molar-refractivity contribution in [2.45, 2.75) is 126 Å². The van der Waals surface area contributed by atoms with E-state index in [0.717, 1.165) is 207 Å². The highest BCUT2D eigenvalue weighted by molar-refractivity contribution is 9.10. The predicted molar refractivity (Wildman–Crippen MR) is 577 cm³/mol. The van der Waals surface area contributed by atoms with E-state index >= 15 is 0 Å². The number of hydrogen-bond acceptors (Lipinski definition) is 27. The molecule has 5 aliphatic heterocycles.